The van der Waals surface area contributed by atoms with Crippen LogP contribution >= 0.6 is 35.0 Å². The number of carbonyl (C=O) groups is 2. The van der Waals surface area contributed by atoms with Crippen molar-refractivity contribution in [2.75, 3.05) is 6.26 Å². The maximum atomic E-state index is 11.9. The van der Waals surface area contributed by atoms with E-state index in [1.807, 2.05) is 0 Å². The quantitative estimate of drug-likeness (QED) is 0.382. The van der Waals surface area contributed by atoms with Crippen LogP contribution in [-0.2, 0) is 0 Å². The third-order valence-corrected chi connectivity index (χ3v) is 3.61. The highest BCUT2D eigenvalue weighted by Gasteiger charge is 2.14. The first-order valence-corrected chi connectivity index (χ1v) is 7.92. The van der Waals surface area contributed by atoms with Crippen LogP contribution < -0.4 is 10.9 Å². The number of nitrogens with one attached hydrogen (secondary N) is 2. The molecule has 2 amide bonds. The van der Waals surface area contributed by atoms with E-state index in [1.54, 1.807) is 24.5 Å². The summed E-state index contributed by atoms with van der Waals surface area (Å²) in [4.78, 5) is 31.7. The Morgan fingerprint density at radius 3 is 2.55 bits per heavy atom. The van der Waals surface area contributed by atoms with Gasteiger partial charge in [-0.15, -0.1) is 0 Å². The molecule has 0 saturated heterocycles. The van der Waals surface area contributed by atoms with Gasteiger partial charge in [0.25, 0.3) is 11.8 Å². The zero-order chi connectivity index (χ0) is 16.1. The first-order chi connectivity index (χ1) is 10.5. The van der Waals surface area contributed by atoms with E-state index in [9.17, 15) is 9.59 Å². The summed E-state index contributed by atoms with van der Waals surface area (Å²) in [5, 5.41) is 0.876. The second-order valence-corrected chi connectivity index (χ2v) is 5.55. The first kappa shape index (κ1) is 16.5. The molecule has 0 bridgehead atoms. The molecule has 1 aromatic carbocycles. The van der Waals surface area contributed by atoms with E-state index >= 15 is 0 Å². The molecule has 0 aliphatic carbocycles. The van der Waals surface area contributed by atoms with Gasteiger partial charge in [-0.25, -0.2) is 9.97 Å². The highest BCUT2D eigenvalue weighted by atomic mass is 35.5. The molecule has 0 aliphatic heterocycles. The van der Waals surface area contributed by atoms with Crippen LogP contribution in [0.1, 0.15) is 20.7 Å². The summed E-state index contributed by atoms with van der Waals surface area (Å²) in [6.45, 7) is 0. The van der Waals surface area contributed by atoms with Crippen molar-refractivity contribution < 1.29 is 9.59 Å². The normalized spacial score (nSPS) is 10.1. The lowest BCUT2D eigenvalue weighted by molar-refractivity contribution is 0.0846. The molecule has 0 unspecified atom stereocenters. The van der Waals surface area contributed by atoms with Crippen LogP contribution in [0, 0.1) is 0 Å². The molecule has 0 atom stereocenters. The summed E-state index contributed by atoms with van der Waals surface area (Å²) in [6, 6.07) is 6.31. The number of amides is 2. The lowest BCUT2D eigenvalue weighted by Crippen LogP contribution is -2.41. The van der Waals surface area contributed by atoms with Crippen molar-refractivity contribution in [3.05, 3.63) is 51.8 Å². The molecule has 2 N–H and O–H groups in total. The van der Waals surface area contributed by atoms with Gasteiger partial charge in [-0.3, -0.25) is 20.4 Å². The molecular formula is C13H10Cl2N4O2S. The molecule has 0 saturated carbocycles. The van der Waals surface area contributed by atoms with Crippen molar-refractivity contribution in [3.8, 4) is 0 Å². The number of hydrogen-bond donors (Lipinski definition) is 2. The smallest absolute Gasteiger partial charge is 0.267 e. The van der Waals surface area contributed by atoms with E-state index in [1.165, 1.54) is 24.0 Å². The van der Waals surface area contributed by atoms with E-state index in [4.69, 9.17) is 23.2 Å². The second kappa shape index (κ2) is 7.44. The molecule has 0 aliphatic rings. The highest BCUT2D eigenvalue weighted by Crippen LogP contribution is 2.16. The van der Waals surface area contributed by atoms with Gasteiger partial charge in [0, 0.05) is 16.8 Å². The molecule has 0 radical (unpaired) electrons. The summed E-state index contributed by atoms with van der Waals surface area (Å²) >= 11 is 13.0. The fourth-order valence-corrected chi connectivity index (χ4v) is 2.28. The monoisotopic (exact) mass is 356 g/mol. The van der Waals surface area contributed by atoms with Gasteiger partial charge in [0.05, 0.1) is 5.56 Å². The molecule has 1 heterocycles. The van der Waals surface area contributed by atoms with Crippen molar-refractivity contribution in [1.82, 2.24) is 20.8 Å². The first-order valence-electron chi connectivity index (χ1n) is 5.94. The average molecular weight is 357 g/mol. The molecule has 6 nitrogen and oxygen atoms in total. The number of thioether (sulfide) groups is 1. The number of hydrazine groups is 1. The maximum Gasteiger partial charge on any atom is 0.274 e. The van der Waals surface area contributed by atoms with Crippen LogP contribution in [0.4, 0.5) is 0 Å². The molecular weight excluding hydrogens is 347 g/mol. The Hall–Kier alpha value is -1.83. The largest absolute Gasteiger partial charge is 0.274 e. The van der Waals surface area contributed by atoms with E-state index in [-0.39, 0.29) is 10.7 Å². The number of hydrogen-bond acceptors (Lipinski definition) is 5. The Morgan fingerprint density at radius 2 is 1.91 bits per heavy atom. The number of benzene rings is 1. The zero-order valence-electron chi connectivity index (χ0n) is 11.3. The number of rotatable bonds is 3. The van der Waals surface area contributed by atoms with E-state index < -0.39 is 11.8 Å². The van der Waals surface area contributed by atoms with Crippen molar-refractivity contribution in [2.45, 2.75) is 5.16 Å². The topological polar surface area (TPSA) is 84.0 Å². The average Bonchev–Trinajstić information content (AvgIpc) is 2.52. The van der Waals surface area contributed by atoms with Gasteiger partial charge in [0.1, 0.15) is 5.15 Å². The third-order valence-electron chi connectivity index (χ3n) is 2.52. The lowest BCUT2D eigenvalue weighted by Gasteiger charge is -2.08. The predicted molar refractivity (Wildman–Crippen MR) is 85.2 cm³/mol. The summed E-state index contributed by atoms with van der Waals surface area (Å²) in [5.74, 6) is -1.12. The van der Waals surface area contributed by atoms with Gasteiger partial charge in [-0.05, 0) is 24.5 Å². The number of halogens is 2. The van der Waals surface area contributed by atoms with Gasteiger partial charge in [0.2, 0.25) is 0 Å². The highest BCUT2D eigenvalue weighted by molar-refractivity contribution is 7.98. The van der Waals surface area contributed by atoms with Crippen LogP contribution in [0.15, 0.2) is 35.6 Å². The number of nitrogens with zero attached hydrogens (tertiary/aromatic N) is 2. The zero-order valence-corrected chi connectivity index (χ0v) is 13.6. The Balaban J connectivity index is 2.02. The third kappa shape index (κ3) is 4.09. The van der Waals surface area contributed by atoms with E-state index in [0.29, 0.717) is 15.7 Å². The van der Waals surface area contributed by atoms with Crippen LogP contribution in [0.2, 0.25) is 10.2 Å². The predicted octanol–water partition coefficient (Wildman–Crippen LogP) is 2.58. The number of carbonyl (C=O) groups excluding carboxylic acids is 2. The Bertz CT molecular complexity index is 727. The van der Waals surface area contributed by atoms with Gasteiger partial charge in [0.15, 0.2) is 5.16 Å². The summed E-state index contributed by atoms with van der Waals surface area (Å²) in [7, 11) is 0. The summed E-state index contributed by atoms with van der Waals surface area (Å²) in [6.07, 6.45) is 3.08. The van der Waals surface area contributed by atoms with Crippen molar-refractivity contribution in [2.24, 2.45) is 0 Å². The van der Waals surface area contributed by atoms with Crippen molar-refractivity contribution in [3.63, 3.8) is 0 Å². The molecule has 0 fully saturated rings. The Morgan fingerprint density at radius 1 is 1.18 bits per heavy atom. The summed E-state index contributed by atoms with van der Waals surface area (Å²) in [5.41, 5.74) is 4.88. The van der Waals surface area contributed by atoms with Gasteiger partial charge in [-0.1, -0.05) is 41.0 Å². The second-order valence-electron chi connectivity index (χ2n) is 3.98. The van der Waals surface area contributed by atoms with Crippen LogP contribution in [0.3, 0.4) is 0 Å². The SMILES string of the molecule is CSc1ncc(C(=O)NNC(=O)c2cccc(Cl)c2)c(Cl)n1. The molecule has 2 rings (SSSR count). The van der Waals surface area contributed by atoms with E-state index in [2.05, 4.69) is 20.8 Å². The van der Waals surface area contributed by atoms with Gasteiger partial charge < -0.3 is 0 Å². The Labute approximate surface area is 140 Å². The van der Waals surface area contributed by atoms with Gasteiger partial charge >= 0.3 is 0 Å². The standard InChI is InChI=1S/C13H10Cl2N4O2S/c1-22-13-16-6-9(10(15)17-13)12(21)19-18-11(20)7-3-2-4-8(14)5-7/h2-6H,1H3,(H,18,20)(H,19,21). The molecule has 0 spiro atoms. The fourth-order valence-electron chi connectivity index (χ4n) is 1.48. The minimum absolute atomic E-state index is 0.00820. The van der Waals surface area contributed by atoms with Crippen LogP contribution in [-0.4, -0.2) is 28.0 Å². The minimum Gasteiger partial charge on any atom is -0.267 e. The maximum absolute atomic E-state index is 11.9. The minimum atomic E-state index is -0.618. The molecule has 114 valence electrons. The molecule has 2 aromatic rings. The molecule has 9 heteroatoms. The van der Waals surface area contributed by atoms with Crippen molar-refractivity contribution >= 4 is 46.8 Å². The Kier molecular flexibility index (Phi) is 5.59. The van der Waals surface area contributed by atoms with Crippen LogP contribution in [0.5, 0.6) is 0 Å². The number of aromatic nitrogens is 2. The molecule has 22 heavy (non-hydrogen) atoms. The van der Waals surface area contributed by atoms with E-state index in [0.717, 1.165) is 0 Å². The van der Waals surface area contributed by atoms with Crippen molar-refractivity contribution in [1.29, 1.82) is 0 Å². The lowest BCUT2D eigenvalue weighted by atomic mass is 10.2. The van der Waals surface area contributed by atoms with Crippen LogP contribution in [0.25, 0.3) is 0 Å². The fraction of sp³-hybridized carbons (Fsp3) is 0.0769. The van der Waals surface area contributed by atoms with Gasteiger partial charge in [-0.2, -0.15) is 0 Å². The summed E-state index contributed by atoms with van der Waals surface area (Å²) < 4.78 is 0. The molecule has 1 aromatic heterocycles.